The predicted molar refractivity (Wildman–Crippen MR) is 212 cm³/mol. The average molecular weight is 639 g/mol. The molecule has 2 nitrogen and oxygen atoms in total. The molecule has 0 unspecified atom stereocenters. The molecule has 0 amide bonds. The van der Waals surface area contributed by atoms with Crippen molar-refractivity contribution in [3.05, 3.63) is 206 Å². The Morgan fingerprint density at radius 3 is 1.44 bits per heavy atom. The van der Waals surface area contributed by atoms with Crippen molar-refractivity contribution in [2.45, 2.75) is 0 Å². The van der Waals surface area contributed by atoms with Crippen molar-refractivity contribution in [2.24, 2.45) is 0 Å². The van der Waals surface area contributed by atoms with Crippen molar-refractivity contribution in [1.29, 1.82) is 0 Å². The fourth-order valence-electron chi connectivity index (χ4n) is 7.36. The van der Waals surface area contributed by atoms with Gasteiger partial charge in [0, 0.05) is 33.3 Å². The number of hydrogen-bond acceptors (Lipinski definition) is 1. The van der Waals surface area contributed by atoms with Crippen LogP contribution in [0.3, 0.4) is 0 Å². The van der Waals surface area contributed by atoms with E-state index in [4.69, 9.17) is 0 Å². The lowest BCUT2D eigenvalue weighted by Gasteiger charge is -2.31. The van der Waals surface area contributed by atoms with E-state index in [1.54, 1.807) is 0 Å². The van der Waals surface area contributed by atoms with Crippen LogP contribution in [0.5, 0.6) is 0 Å². The highest BCUT2D eigenvalue weighted by Gasteiger charge is 2.26. The van der Waals surface area contributed by atoms with Crippen LogP contribution in [0.4, 0.5) is 17.1 Å². The van der Waals surface area contributed by atoms with E-state index in [-0.39, 0.29) is 0 Å². The molecule has 1 heterocycles. The van der Waals surface area contributed by atoms with Crippen LogP contribution in [-0.4, -0.2) is 4.57 Å². The molecule has 0 saturated heterocycles. The summed E-state index contributed by atoms with van der Waals surface area (Å²) in [4.78, 5) is 2.49. The van der Waals surface area contributed by atoms with E-state index in [1.807, 2.05) is 0 Å². The second-order valence-corrected chi connectivity index (χ2v) is 12.5. The molecule has 0 fully saturated rings. The Labute approximate surface area is 292 Å². The van der Waals surface area contributed by atoms with E-state index in [1.165, 1.54) is 44.1 Å². The topological polar surface area (TPSA) is 8.17 Å². The Bertz CT molecular complexity index is 2500. The Kier molecular flexibility index (Phi) is 7.53. The van der Waals surface area contributed by atoms with Gasteiger partial charge in [-0.25, -0.2) is 0 Å². The Morgan fingerprint density at radius 1 is 0.360 bits per heavy atom. The zero-order valence-electron chi connectivity index (χ0n) is 27.5. The highest BCUT2D eigenvalue weighted by atomic mass is 15.2. The second kappa shape index (κ2) is 12.8. The van der Waals surface area contributed by atoms with Crippen LogP contribution >= 0.6 is 0 Å². The van der Waals surface area contributed by atoms with Crippen molar-refractivity contribution in [3.63, 3.8) is 0 Å². The summed E-state index contributed by atoms with van der Waals surface area (Å²) >= 11 is 0. The zero-order chi connectivity index (χ0) is 33.3. The Balaban J connectivity index is 1.44. The van der Waals surface area contributed by atoms with Gasteiger partial charge in [0.2, 0.25) is 0 Å². The quantitative estimate of drug-likeness (QED) is 0.169. The molecule has 0 bridgehead atoms. The zero-order valence-corrected chi connectivity index (χ0v) is 27.5. The van der Waals surface area contributed by atoms with Gasteiger partial charge in [-0.15, -0.1) is 0 Å². The van der Waals surface area contributed by atoms with Gasteiger partial charge in [0.1, 0.15) is 0 Å². The standard InChI is InChI=1S/C48H34N2/c1-6-19-35(20-7-1)38-33-42(36-21-8-2-9-22-36)48(43(34-38)37-23-10-3-11-24-37)50(40-27-14-5-15-28-40)46-32-18-31-45-47(46)41-29-16-17-30-44(41)49(45)39-25-12-4-13-26-39/h1-34H. The van der Waals surface area contributed by atoms with Gasteiger partial charge < -0.3 is 9.47 Å². The molecule has 9 aromatic rings. The number of hydrogen-bond donors (Lipinski definition) is 0. The summed E-state index contributed by atoms with van der Waals surface area (Å²) < 4.78 is 2.39. The van der Waals surface area contributed by atoms with Gasteiger partial charge >= 0.3 is 0 Å². The maximum atomic E-state index is 2.49. The molecule has 1 aromatic heterocycles. The monoisotopic (exact) mass is 638 g/mol. The summed E-state index contributed by atoms with van der Waals surface area (Å²) in [7, 11) is 0. The van der Waals surface area contributed by atoms with Crippen LogP contribution in [-0.2, 0) is 0 Å². The van der Waals surface area contributed by atoms with Crippen molar-refractivity contribution in [2.75, 3.05) is 4.90 Å². The molecule has 0 aliphatic carbocycles. The molecule has 9 rings (SSSR count). The SMILES string of the molecule is c1ccc(-c2cc(-c3ccccc3)c(N(c3ccccc3)c3cccc4c3c3ccccc3n4-c3ccccc3)c(-c3ccccc3)c2)cc1. The van der Waals surface area contributed by atoms with Crippen molar-refractivity contribution in [3.8, 4) is 39.1 Å². The van der Waals surface area contributed by atoms with Crippen molar-refractivity contribution in [1.82, 2.24) is 4.57 Å². The van der Waals surface area contributed by atoms with Crippen LogP contribution in [0, 0.1) is 0 Å². The van der Waals surface area contributed by atoms with E-state index < -0.39 is 0 Å². The third-order valence-corrected chi connectivity index (χ3v) is 9.56. The third-order valence-electron chi connectivity index (χ3n) is 9.56. The first-order chi connectivity index (χ1) is 24.8. The molecule has 0 aliphatic heterocycles. The Hall–Kier alpha value is -6.64. The predicted octanol–water partition coefficient (Wildman–Crippen LogP) is 13.3. The number of rotatable bonds is 7. The van der Waals surface area contributed by atoms with Gasteiger partial charge in [-0.3, -0.25) is 0 Å². The van der Waals surface area contributed by atoms with E-state index in [0.29, 0.717) is 0 Å². The summed E-state index contributed by atoms with van der Waals surface area (Å²) in [5, 5.41) is 2.42. The normalized spacial score (nSPS) is 11.2. The fourth-order valence-corrected chi connectivity index (χ4v) is 7.36. The molecule has 2 heteroatoms. The first kappa shape index (κ1) is 29.5. The number of aromatic nitrogens is 1. The number of benzene rings is 8. The molecule has 0 aliphatic rings. The number of para-hydroxylation sites is 3. The van der Waals surface area contributed by atoms with E-state index in [2.05, 4.69) is 216 Å². The van der Waals surface area contributed by atoms with Crippen LogP contribution in [0.15, 0.2) is 206 Å². The largest absolute Gasteiger partial charge is 0.309 e. The molecule has 0 radical (unpaired) electrons. The maximum absolute atomic E-state index is 2.49. The highest BCUT2D eigenvalue weighted by Crippen LogP contribution is 2.51. The number of fused-ring (bicyclic) bond motifs is 3. The Morgan fingerprint density at radius 2 is 0.840 bits per heavy atom. The van der Waals surface area contributed by atoms with Gasteiger partial charge in [-0.1, -0.05) is 152 Å². The first-order valence-corrected chi connectivity index (χ1v) is 17.1. The van der Waals surface area contributed by atoms with Crippen LogP contribution in [0.25, 0.3) is 60.9 Å². The highest BCUT2D eigenvalue weighted by molar-refractivity contribution is 6.17. The lowest BCUT2D eigenvalue weighted by atomic mass is 9.89. The molecule has 0 spiro atoms. The number of nitrogens with zero attached hydrogens (tertiary/aromatic N) is 2. The maximum Gasteiger partial charge on any atom is 0.0619 e. The molecular formula is C48H34N2. The summed E-state index contributed by atoms with van der Waals surface area (Å²) in [6, 6.07) is 74.2. The molecule has 236 valence electrons. The first-order valence-electron chi connectivity index (χ1n) is 17.1. The lowest BCUT2D eigenvalue weighted by molar-refractivity contribution is 1.18. The van der Waals surface area contributed by atoms with Gasteiger partial charge in [0.05, 0.1) is 22.4 Å². The molecule has 0 saturated carbocycles. The average Bonchev–Trinajstić information content (AvgIpc) is 3.55. The summed E-state index contributed by atoms with van der Waals surface area (Å²) in [6.45, 7) is 0. The summed E-state index contributed by atoms with van der Waals surface area (Å²) in [5.74, 6) is 0. The smallest absolute Gasteiger partial charge is 0.0619 e. The third kappa shape index (κ3) is 5.15. The van der Waals surface area contributed by atoms with Crippen molar-refractivity contribution < 1.29 is 0 Å². The van der Waals surface area contributed by atoms with Gasteiger partial charge in [-0.05, 0) is 76.9 Å². The minimum absolute atomic E-state index is 1.10. The van der Waals surface area contributed by atoms with Crippen LogP contribution in [0.2, 0.25) is 0 Å². The van der Waals surface area contributed by atoms with E-state index in [9.17, 15) is 0 Å². The lowest BCUT2D eigenvalue weighted by Crippen LogP contribution is -2.13. The van der Waals surface area contributed by atoms with Crippen LogP contribution in [0.1, 0.15) is 0 Å². The molecule has 0 atom stereocenters. The molecule has 0 N–H and O–H groups in total. The second-order valence-electron chi connectivity index (χ2n) is 12.5. The van der Waals surface area contributed by atoms with Gasteiger partial charge in [0.25, 0.3) is 0 Å². The molecule has 8 aromatic carbocycles. The van der Waals surface area contributed by atoms with E-state index in [0.717, 1.165) is 33.9 Å². The van der Waals surface area contributed by atoms with Gasteiger partial charge in [0.15, 0.2) is 0 Å². The fraction of sp³-hybridized carbons (Fsp3) is 0. The molecule has 50 heavy (non-hydrogen) atoms. The minimum atomic E-state index is 1.10. The van der Waals surface area contributed by atoms with E-state index >= 15 is 0 Å². The van der Waals surface area contributed by atoms with Crippen LogP contribution < -0.4 is 4.90 Å². The summed E-state index contributed by atoms with van der Waals surface area (Å²) in [6.07, 6.45) is 0. The summed E-state index contributed by atoms with van der Waals surface area (Å²) in [5.41, 5.74) is 13.9. The minimum Gasteiger partial charge on any atom is -0.309 e. The number of anilines is 3. The molecular weight excluding hydrogens is 605 g/mol. The van der Waals surface area contributed by atoms with Gasteiger partial charge in [-0.2, -0.15) is 0 Å². The van der Waals surface area contributed by atoms with Crippen molar-refractivity contribution >= 4 is 38.9 Å².